The van der Waals surface area contributed by atoms with Crippen molar-refractivity contribution in [1.82, 2.24) is 49.0 Å². The monoisotopic (exact) mass is 1290 g/mol. The fourth-order valence-electron chi connectivity index (χ4n) is 9.21. The zero-order valence-corrected chi connectivity index (χ0v) is 45.1. The summed E-state index contributed by atoms with van der Waals surface area (Å²) in [6.45, 7) is 0. The summed E-state index contributed by atoms with van der Waals surface area (Å²) in [5, 5.41) is 84.3. The van der Waals surface area contributed by atoms with Crippen LogP contribution in [0, 0.1) is 0 Å². The first-order chi connectivity index (χ1) is 39.2. The molecule has 84 heavy (non-hydrogen) atoms. The number of ether oxygens (including phenoxy) is 3. The van der Waals surface area contributed by atoms with Crippen LogP contribution in [0.2, 0.25) is 0 Å². The Morgan fingerprint density at radius 1 is 0.667 bits per heavy atom. The zero-order valence-electron chi connectivity index (χ0n) is 40.6. The van der Waals surface area contributed by atoms with Gasteiger partial charge in [0.25, 0.3) is 5.91 Å². The van der Waals surface area contributed by atoms with Gasteiger partial charge in [0.15, 0.2) is 70.3 Å². The third-order valence-corrected chi connectivity index (χ3v) is 19.5. The van der Waals surface area contributed by atoms with Crippen LogP contribution in [0.25, 0.3) is 53.7 Å². The van der Waals surface area contributed by atoms with E-state index in [-0.39, 0.29) is 34.0 Å². The maximum atomic E-state index is 14.6. The Morgan fingerprint density at radius 2 is 1.24 bits per heavy atom. The molecular formula is C30H37N24O25P5. The van der Waals surface area contributed by atoms with Gasteiger partial charge in [-0.3, -0.25) is 18.6 Å². The summed E-state index contributed by atoms with van der Waals surface area (Å²) in [6.07, 6.45) is -23.7. The van der Waals surface area contributed by atoms with Crippen LogP contribution in [0.1, 0.15) is 25.3 Å². The van der Waals surface area contributed by atoms with Crippen LogP contribution in [-0.2, 0) is 58.8 Å². The Bertz CT molecular complexity index is 3900. The number of azide groups is 2. The number of aromatic nitrogens is 10. The Balaban J connectivity index is 1.21. The average Bonchev–Trinajstić information content (AvgIpc) is 1.68. The highest BCUT2D eigenvalue weighted by Gasteiger charge is 2.65. The quantitative estimate of drug-likeness (QED) is 0.0194. The lowest BCUT2D eigenvalue weighted by atomic mass is 9.80. The van der Waals surface area contributed by atoms with E-state index < -0.39 is 160 Å². The molecular weight excluding hydrogens is 1250 g/mol. The molecule has 0 saturated carbocycles. The number of nitrogen functional groups attached to an aromatic ring is 3. The van der Waals surface area contributed by atoms with Gasteiger partial charge in [-0.15, -0.1) is 0 Å². The SMILES string of the molecule is [N-]=[N+]=Nc1nc2c(N)ncnc2n1[C@@H]1O[C@H](CC(C[C@H]2O[C@@H](n3cnc4c(N)ncnc43)C(O)=C2O)(OP(=O)(O)OP(=O)(O)OP(=O)(O)OP(=O)(O)OP(=O)(O)O)[C@H]2O[C@@H](N3c4ncnc(N)c4NC3(N=[N+]=[N-])N=[N+]=[N-])[C@H](O)[C@@H]2O)[C@@H](O)[C@H]1O. The smallest absolute Gasteiger partial charge is 0.490 e. The number of aliphatic hydroxyl groups excluding tert-OH is 6. The third kappa shape index (κ3) is 11.6. The number of nitrogens with zero attached hydrogens (tertiary/aromatic N) is 20. The van der Waals surface area contributed by atoms with Crippen LogP contribution in [0.4, 0.5) is 34.9 Å². The number of phosphoric ester groups is 1. The minimum absolute atomic E-state index is 0.119. The fraction of sp³-hybridized carbons (Fsp3) is 0.467. The molecule has 452 valence electrons. The van der Waals surface area contributed by atoms with Crippen molar-refractivity contribution in [3.05, 3.63) is 68.2 Å². The molecule has 49 nitrogen and oxygen atoms in total. The van der Waals surface area contributed by atoms with Crippen molar-refractivity contribution in [2.75, 3.05) is 27.4 Å². The second-order valence-electron chi connectivity index (χ2n) is 17.4. The van der Waals surface area contributed by atoms with E-state index in [4.69, 9.17) is 45.7 Å². The molecule has 19 N–H and O–H groups in total. The van der Waals surface area contributed by atoms with E-state index in [0.717, 1.165) is 34.4 Å². The summed E-state index contributed by atoms with van der Waals surface area (Å²) in [4.78, 5) is 100. The lowest BCUT2D eigenvalue weighted by molar-refractivity contribution is -0.168. The minimum Gasteiger partial charge on any atom is -0.506 e. The molecule has 2 saturated heterocycles. The van der Waals surface area contributed by atoms with Crippen molar-refractivity contribution in [3.63, 3.8) is 0 Å². The molecule has 9 heterocycles. The second-order valence-corrected chi connectivity index (χ2v) is 25.0. The molecule has 54 heteroatoms. The summed E-state index contributed by atoms with van der Waals surface area (Å²) >= 11 is 0. The third-order valence-electron chi connectivity index (χ3n) is 12.2. The molecule has 4 aliphatic rings. The van der Waals surface area contributed by atoms with Gasteiger partial charge in [0.1, 0.15) is 72.4 Å². The van der Waals surface area contributed by atoms with Crippen molar-refractivity contribution in [1.29, 1.82) is 0 Å². The van der Waals surface area contributed by atoms with Gasteiger partial charge in [0.2, 0.25) is 5.95 Å². The first-order valence-electron chi connectivity index (χ1n) is 22.2. The molecule has 5 aromatic heterocycles. The van der Waals surface area contributed by atoms with Gasteiger partial charge in [0.05, 0.1) is 12.4 Å². The molecule has 5 aromatic rings. The molecule has 4 aliphatic heterocycles. The lowest BCUT2D eigenvalue weighted by Crippen LogP contribution is -2.56. The fourth-order valence-corrected chi connectivity index (χ4v) is 15.4. The molecule has 0 aromatic carbocycles. The molecule has 9 rings (SSSR count). The van der Waals surface area contributed by atoms with Crippen LogP contribution >= 0.6 is 39.1 Å². The van der Waals surface area contributed by atoms with Crippen LogP contribution in [0.5, 0.6) is 0 Å². The van der Waals surface area contributed by atoms with E-state index in [2.05, 4.69) is 92.5 Å². The maximum absolute atomic E-state index is 14.6. The molecule has 0 aliphatic carbocycles. The topological polar surface area (TPSA) is 755 Å². The number of nitrogens with one attached hydrogen (secondary N) is 1. The molecule has 0 bridgehead atoms. The predicted molar refractivity (Wildman–Crippen MR) is 263 cm³/mol. The van der Waals surface area contributed by atoms with E-state index >= 15 is 0 Å². The van der Waals surface area contributed by atoms with Crippen LogP contribution in [0.15, 0.2) is 52.2 Å². The van der Waals surface area contributed by atoms with Gasteiger partial charge in [-0.1, -0.05) is 0 Å². The summed E-state index contributed by atoms with van der Waals surface area (Å²) in [7, 11) is -33.4. The van der Waals surface area contributed by atoms with E-state index in [9.17, 15) is 89.6 Å². The zero-order chi connectivity index (χ0) is 61.4. The van der Waals surface area contributed by atoms with Crippen LogP contribution in [-0.4, -0.2) is 169 Å². The molecule has 0 radical (unpaired) electrons. The van der Waals surface area contributed by atoms with Gasteiger partial charge < -0.3 is 96.7 Å². The van der Waals surface area contributed by atoms with Gasteiger partial charge >= 0.3 is 39.1 Å². The summed E-state index contributed by atoms with van der Waals surface area (Å²) in [5.41, 5.74) is 42.0. The molecule has 0 amide bonds. The van der Waals surface area contributed by atoms with Crippen molar-refractivity contribution in [3.8, 4) is 0 Å². The molecule has 5 unspecified atom stereocenters. The van der Waals surface area contributed by atoms with E-state index in [1.54, 1.807) is 0 Å². The Kier molecular flexibility index (Phi) is 16.1. The molecule has 2 fully saturated rings. The number of hydrogen-bond acceptors (Lipinski definition) is 35. The number of nitrogens with two attached hydrogens (primary N) is 3. The van der Waals surface area contributed by atoms with E-state index in [1.165, 1.54) is 0 Å². The Hall–Kier alpha value is -7.12. The Labute approximate surface area is 460 Å². The van der Waals surface area contributed by atoms with Crippen molar-refractivity contribution < 1.29 is 119 Å². The number of phosphoric acid groups is 5. The lowest BCUT2D eigenvalue weighted by Gasteiger charge is -2.43. The van der Waals surface area contributed by atoms with E-state index in [1.807, 2.05) is 0 Å². The number of anilines is 5. The highest BCUT2D eigenvalue weighted by molar-refractivity contribution is 7.71. The van der Waals surface area contributed by atoms with Crippen molar-refractivity contribution >= 4 is 96.3 Å². The van der Waals surface area contributed by atoms with Crippen LogP contribution in [0.3, 0.4) is 0 Å². The highest BCUT2D eigenvalue weighted by Crippen LogP contribution is 2.74. The first kappa shape index (κ1) is 61.4. The van der Waals surface area contributed by atoms with Gasteiger partial charge in [-0.2, -0.15) is 17.2 Å². The molecule has 15 atom stereocenters. The normalized spacial score (nSPS) is 29.6. The van der Waals surface area contributed by atoms with Crippen LogP contribution < -0.4 is 27.4 Å². The number of rotatable bonds is 21. The van der Waals surface area contributed by atoms with Crippen molar-refractivity contribution in [2.24, 2.45) is 15.3 Å². The average molecular weight is 1290 g/mol. The maximum Gasteiger partial charge on any atom is 0.490 e. The number of hydrogen-bond donors (Lipinski definition) is 16. The first-order valence-corrected chi connectivity index (χ1v) is 29.7. The second kappa shape index (κ2) is 22.1. The van der Waals surface area contributed by atoms with Gasteiger partial charge in [-0.05, 0) is 31.9 Å². The summed E-state index contributed by atoms with van der Waals surface area (Å²) < 4.78 is 105. The largest absolute Gasteiger partial charge is 0.506 e. The van der Waals surface area contributed by atoms with Gasteiger partial charge in [0, 0.05) is 27.6 Å². The Morgan fingerprint density at radius 3 is 1.86 bits per heavy atom. The van der Waals surface area contributed by atoms with E-state index in [0.29, 0.717) is 4.90 Å². The predicted octanol–water partition coefficient (Wildman–Crippen LogP) is -0.304. The molecule has 0 spiro atoms. The van der Waals surface area contributed by atoms with Crippen molar-refractivity contribution in [2.45, 2.75) is 85.8 Å². The number of fused-ring (bicyclic) bond motifs is 3. The number of imidazole rings is 2. The number of aliphatic hydroxyl groups is 6. The summed E-state index contributed by atoms with van der Waals surface area (Å²) in [5.74, 6) is -7.66. The summed E-state index contributed by atoms with van der Waals surface area (Å²) in [6, 6.07) is 0. The minimum atomic E-state index is -7.00. The highest BCUT2D eigenvalue weighted by atomic mass is 31.3. The van der Waals surface area contributed by atoms with Gasteiger partial charge in [-0.25, -0.2) is 62.7 Å². The standard InChI is InChI=1S/C30H37N24O25P5/c31-19-9-22(40-3-37-19)52(6-43-9)25-15(58)12(55)7(72-25)1-29(75-81(64,65)77-83(68,69)79-84(70,71)78-82(66,67)76-80(61,62)63,2-8-13(56)16(59)26(73-8)53-23-10(20(32)38-4-41-23)44-28(53)46-49-34)18-14(57)17(60)27(74-18)54-24-11(21(33)39-5-42-24)45-30(54,47-50-35)48-51-36/h3-8,13-14,16-18,25-27,45,55-60H,1-2H2,(H,64,65)(H,66,67)(H,68,69)(H,70,71)(H2,31,37,40)(H2,32,38,41)(H2,33,39,42)(H2,61,62,63)/t7-,8-,13-,14+,16-,17-,18+,25-,26-,27-,29?/m1/s1.